The van der Waals surface area contributed by atoms with Crippen LogP contribution in [0, 0.1) is 22.7 Å². The minimum absolute atomic E-state index is 0.261. The number of aliphatic carboxylic acids is 1. The number of nitrogens with zero attached hydrogens (tertiary/aromatic N) is 4. The van der Waals surface area contributed by atoms with Crippen LogP contribution in [0.25, 0.3) is 10.8 Å². The zero-order chi connectivity index (χ0) is 28.4. The van der Waals surface area contributed by atoms with Crippen molar-refractivity contribution < 1.29 is 24.1 Å². The number of carboxylic acid groups (broad SMARTS) is 1. The maximum Gasteiger partial charge on any atom is 0.300 e. The minimum Gasteiger partial charge on any atom is -0.493 e. The van der Waals surface area contributed by atoms with Crippen LogP contribution in [-0.2, 0) is 4.79 Å². The lowest BCUT2D eigenvalue weighted by molar-refractivity contribution is -0.134. The van der Waals surface area contributed by atoms with Crippen LogP contribution in [0.4, 0.5) is 17.5 Å². The Morgan fingerprint density at radius 1 is 0.949 bits per heavy atom. The Balaban J connectivity index is 0.000000983. The van der Waals surface area contributed by atoms with Crippen molar-refractivity contribution in [3.05, 3.63) is 65.7 Å². The number of fused-ring (bicyclic) bond motifs is 1. The number of methoxy groups -OCH3 is 2. The monoisotopic (exact) mass is 526 g/mol. The van der Waals surface area contributed by atoms with E-state index in [-0.39, 0.29) is 5.88 Å². The van der Waals surface area contributed by atoms with Gasteiger partial charge in [0.25, 0.3) is 5.97 Å². The van der Waals surface area contributed by atoms with Crippen LogP contribution >= 0.6 is 0 Å². The summed E-state index contributed by atoms with van der Waals surface area (Å²) in [5.74, 6) is 1.52. The molecule has 0 spiro atoms. The smallest absolute Gasteiger partial charge is 0.300 e. The fourth-order valence-corrected chi connectivity index (χ4v) is 3.52. The molecule has 0 aliphatic carbocycles. The Labute approximate surface area is 225 Å². The highest BCUT2D eigenvalue weighted by molar-refractivity contribution is 5.94. The number of rotatable bonds is 8. The van der Waals surface area contributed by atoms with Crippen molar-refractivity contribution in [3.8, 4) is 35.3 Å². The summed E-state index contributed by atoms with van der Waals surface area (Å²) in [7, 11) is 3.07. The van der Waals surface area contributed by atoms with E-state index in [1.165, 1.54) is 7.11 Å². The molecule has 0 aliphatic rings. The second kappa shape index (κ2) is 13.1. The van der Waals surface area contributed by atoms with Crippen molar-refractivity contribution in [1.29, 1.82) is 10.5 Å². The van der Waals surface area contributed by atoms with Crippen LogP contribution < -0.4 is 24.8 Å². The van der Waals surface area contributed by atoms with Gasteiger partial charge in [-0.05, 0) is 60.8 Å². The topological polar surface area (TPSA) is 162 Å². The number of ether oxygens (including phenoxy) is 3. The number of carbonyl (C=O) groups is 1. The molecule has 11 heteroatoms. The SMILES string of the molecule is CC(=O)O.CCNc1cc(Oc2c(OC)cc3cc(C#N)ccc3c2OC)nc(Nc2ccc(C#N)cc2)n1. The summed E-state index contributed by atoms with van der Waals surface area (Å²) in [6.07, 6.45) is 0. The van der Waals surface area contributed by atoms with Gasteiger partial charge in [-0.1, -0.05) is 0 Å². The van der Waals surface area contributed by atoms with E-state index in [4.69, 9.17) is 29.4 Å². The predicted molar refractivity (Wildman–Crippen MR) is 146 cm³/mol. The Hall–Kier alpha value is -5.55. The average Bonchev–Trinajstić information content (AvgIpc) is 2.92. The highest BCUT2D eigenvalue weighted by Gasteiger charge is 2.19. The van der Waals surface area contributed by atoms with E-state index in [2.05, 4.69) is 32.7 Å². The van der Waals surface area contributed by atoms with Crippen molar-refractivity contribution >= 4 is 34.2 Å². The third-order valence-electron chi connectivity index (χ3n) is 5.10. The van der Waals surface area contributed by atoms with Gasteiger partial charge >= 0.3 is 0 Å². The van der Waals surface area contributed by atoms with Crippen molar-refractivity contribution in [3.63, 3.8) is 0 Å². The van der Waals surface area contributed by atoms with Gasteiger partial charge in [-0.15, -0.1) is 0 Å². The van der Waals surface area contributed by atoms with Crippen LogP contribution in [0.15, 0.2) is 54.6 Å². The van der Waals surface area contributed by atoms with Gasteiger partial charge in [0.15, 0.2) is 11.5 Å². The number of anilines is 3. The molecule has 1 aromatic heterocycles. The van der Waals surface area contributed by atoms with Crippen LogP contribution in [-0.4, -0.2) is 41.8 Å². The first-order chi connectivity index (χ1) is 18.8. The third-order valence-corrected chi connectivity index (χ3v) is 5.10. The Morgan fingerprint density at radius 2 is 1.62 bits per heavy atom. The fourth-order valence-electron chi connectivity index (χ4n) is 3.52. The van der Waals surface area contributed by atoms with Gasteiger partial charge in [-0.3, -0.25) is 4.79 Å². The first-order valence-electron chi connectivity index (χ1n) is 11.7. The molecule has 0 aliphatic heterocycles. The molecule has 3 N–H and O–H groups in total. The maximum absolute atomic E-state index is 9.25. The highest BCUT2D eigenvalue weighted by atomic mass is 16.5. The second-order valence-electron chi connectivity index (χ2n) is 7.87. The summed E-state index contributed by atoms with van der Waals surface area (Å²) in [6.45, 7) is 3.69. The minimum atomic E-state index is -0.833. The maximum atomic E-state index is 9.25. The highest BCUT2D eigenvalue weighted by Crippen LogP contribution is 2.45. The van der Waals surface area contributed by atoms with E-state index < -0.39 is 5.97 Å². The molecule has 0 unspecified atom stereocenters. The summed E-state index contributed by atoms with van der Waals surface area (Å²) < 4.78 is 17.5. The van der Waals surface area contributed by atoms with Gasteiger partial charge in [-0.2, -0.15) is 20.5 Å². The number of hydrogen-bond donors (Lipinski definition) is 3. The molecule has 0 radical (unpaired) electrons. The van der Waals surface area contributed by atoms with Crippen molar-refractivity contribution in [2.75, 3.05) is 31.4 Å². The largest absolute Gasteiger partial charge is 0.493 e. The van der Waals surface area contributed by atoms with Gasteiger partial charge in [0.1, 0.15) is 5.82 Å². The lowest BCUT2D eigenvalue weighted by Crippen LogP contribution is -2.05. The lowest BCUT2D eigenvalue weighted by Gasteiger charge is -2.17. The van der Waals surface area contributed by atoms with Crippen LogP contribution in [0.5, 0.6) is 23.1 Å². The number of nitrogens with one attached hydrogen (secondary N) is 2. The van der Waals surface area contributed by atoms with Gasteiger partial charge in [-0.25, -0.2) is 0 Å². The molecular weight excluding hydrogens is 500 g/mol. The molecule has 39 heavy (non-hydrogen) atoms. The molecule has 0 bridgehead atoms. The molecule has 1 heterocycles. The first-order valence-corrected chi connectivity index (χ1v) is 11.7. The number of carboxylic acids is 1. The fraction of sp³-hybridized carbons (Fsp3) is 0.179. The molecule has 4 rings (SSSR count). The zero-order valence-electron chi connectivity index (χ0n) is 21.8. The molecule has 0 saturated heterocycles. The Morgan fingerprint density at radius 3 is 2.21 bits per heavy atom. The van der Waals surface area contributed by atoms with E-state index in [1.807, 2.05) is 6.92 Å². The molecule has 3 aromatic carbocycles. The normalized spacial score (nSPS) is 9.79. The molecule has 4 aromatic rings. The quantitative estimate of drug-likeness (QED) is 0.267. The molecule has 11 nitrogen and oxygen atoms in total. The van der Waals surface area contributed by atoms with E-state index in [9.17, 15) is 5.26 Å². The predicted octanol–water partition coefficient (Wildman–Crippen LogP) is 5.45. The van der Waals surface area contributed by atoms with Gasteiger partial charge in [0.05, 0.1) is 37.5 Å². The number of nitriles is 2. The van der Waals surface area contributed by atoms with Crippen molar-refractivity contribution in [1.82, 2.24) is 9.97 Å². The molecule has 198 valence electrons. The summed E-state index contributed by atoms with van der Waals surface area (Å²) in [6, 6.07) is 19.9. The molecule has 0 amide bonds. The van der Waals surface area contributed by atoms with E-state index in [1.54, 1.807) is 61.7 Å². The molecule has 0 saturated carbocycles. The van der Waals surface area contributed by atoms with Crippen LogP contribution in [0.3, 0.4) is 0 Å². The number of benzene rings is 3. The van der Waals surface area contributed by atoms with Gasteiger partial charge < -0.3 is 30.0 Å². The summed E-state index contributed by atoms with van der Waals surface area (Å²) >= 11 is 0. The van der Waals surface area contributed by atoms with Crippen molar-refractivity contribution in [2.24, 2.45) is 0 Å². The number of hydrogen-bond acceptors (Lipinski definition) is 10. The summed E-state index contributed by atoms with van der Waals surface area (Å²) in [4.78, 5) is 18.0. The Kier molecular flexibility index (Phi) is 9.43. The number of aromatic nitrogens is 2. The van der Waals surface area contributed by atoms with Gasteiger partial charge in [0, 0.05) is 30.6 Å². The summed E-state index contributed by atoms with van der Waals surface area (Å²) in [5, 5.41) is 33.5. The van der Waals surface area contributed by atoms with Crippen LogP contribution in [0.1, 0.15) is 25.0 Å². The van der Waals surface area contributed by atoms with Crippen molar-refractivity contribution in [2.45, 2.75) is 13.8 Å². The van der Waals surface area contributed by atoms with Crippen LogP contribution in [0.2, 0.25) is 0 Å². The zero-order valence-corrected chi connectivity index (χ0v) is 21.8. The lowest BCUT2D eigenvalue weighted by atomic mass is 10.1. The van der Waals surface area contributed by atoms with Gasteiger partial charge in [0.2, 0.25) is 17.6 Å². The van der Waals surface area contributed by atoms with E-state index in [0.717, 1.165) is 23.4 Å². The molecule has 0 fully saturated rings. The molecular formula is C28H26N6O5. The Bertz CT molecular complexity index is 1550. The first kappa shape index (κ1) is 28.0. The average molecular weight is 527 g/mol. The summed E-state index contributed by atoms with van der Waals surface area (Å²) in [5.41, 5.74) is 1.80. The molecule has 0 atom stereocenters. The van der Waals surface area contributed by atoms with E-state index >= 15 is 0 Å². The van der Waals surface area contributed by atoms with E-state index in [0.29, 0.717) is 46.7 Å². The second-order valence-corrected chi connectivity index (χ2v) is 7.87. The third kappa shape index (κ3) is 7.24. The standard InChI is InChI=1S/C26H22N6O3.C2H4O2/c1-4-29-22-13-23(32-26(31-22)30-19-8-5-16(14-27)6-9-19)35-25-21(33-2)12-18-11-17(15-28)7-10-20(18)24(25)34-3;1-2(3)4/h5-13H,4H2,1-3H3,(H2,29,30,31,32);1H3,(H,3,4).